The first-order valence-corrected chi connectivity index (χ1v) is 6.62. The lowest BCUT2D eigenvalue weighted by atomic mass is 10.2. The van der Waals surface area contributed by atoms with Gasteiger partial charge in [-0.25, -0.2) is 4.79 Å². The van der Waals surface area contributed by atoms with Crippen molar-refractivity contribution >= 4 is 23.5 Å². The van der Waals surface area contributed by atoms with Gasteiger partial charge in [-0.05, 0) is 26.0 Å². The summed E-state index contributed by atoms with van der Waals surface area (Å²) in [5.41, 5.74) is 0.647. The zero-order chi connectivity index (χ0) is 16.7. The second kappa shape index (κ2) is 7.78. The quantitative estimate of drug-likeness (QED) is 0.787. The van der Waals surface area contributed by atoms with Gasteiger partial charge in [-0.2, -0.15) is 5.26 Å². The van der Waals surface area contributed by atoms with Crippen molar-refractivity contribution in [3.05, 3.63) is 29.8 Å². The van der Waals surface area contributed by atoms with Gasteiger partial charge in [0.15, 0.2) is 6.10 Å². The molecule has 0 saturated carbocycles. The van der Waals surface area contributed by atoms with E-state index in [1.165, 1.54) is 20.8 Å². The Hall–Kier alpha value is -2.88. The first kappa shape index (κ1) is 17.2. The van der Waals surface area contributed by atoms with Crippen LogP contribution in [0.4, 0.5) is 5.69 Å². The molecule has 0 radical (unpaired) electrons. The number of nitriles is 1. The van der Waals surface area contributed by atoms with Crippen molar-refractivity contribution in [2.75, 3.05) is 5.32 Å². The van der Waals surface area contributed by atoms with Gasteiger partial charge in [0.1, 0.15) is 12.1 Å². The molecule has 2 amide bonds. The third kappa shape index (κ3) is 4.90. The number of hydrogen-bond donors (Lipinski definition) is 2. The van der Waals surface area contributed by atoms with Gasteiger partial charge in [0, 0.05) is 6.92 Å². The smallest absolute Gasteiger partial charge is 0.329 e. The number of ether oxygens (including phenoxy) is 1. The fourth-order valence-electron chi connectivity index (χ4n) is 1.62. The molecule has 0 aromatic heterocycles. The largest absolute Gasteiger partial charge is 0.451 e. The molecular weight excluding hydrogens is 286 g/mol. The van der Waals surface area contributed by atoms with Crippen molar-refractivity contribution in [1.29, 1.82) is 5.26 Å². The molecule has 0 unspecified atom stereocenters. The molecule has 7 nitrogen and oxygen atoms in total. The maximum Gasteiger partial charge on any atom is 0.329 e. The van der Waals surface area contributed by atoms with Gasteiger partial charge >= 0.3 is 5.97 Å². The SMILES string of the molecule is CC(=O)N[C@H](C)C(=O)O[C@H](C)C(=O)Nc1ccccc1C#N. The predicted molar refractivity (Wildman–Crippen MR) is 78.6 cm³/mol. The summed E-state index contributed by atoms with van der Waals surface area (Å²) in [6.07, 6.45) is -1.06. The summed E-state index contributed by atoms with van der Waals surface area (Å²) < 4.78 is 4.97. The average Bonchev–Trinajstić information content (AvgIpc) is 2.46. The van der Waals surface area contributed by atoms with Crippen LogP contribution in [-0.4, -0.2) is 29.9 Å². The molecule has 0 aliphatic rings. The van der Waals surface area contributed by atoms with Crippen LogP contribution in [-0.2, 0) is 19.1 Å². The molecule has 0 spiro atoms. The first-order chi connectivity index (χ1) is 10.3. The lowest BCUT2D eigenvalue weighted by molar-refractivity contribution is -0.155. The van der Waals surface area contributed by atoms with Gasteiger partial charge in [0.05, 0.1) is 11.3 Å². The number of para-hydroxylation sites is 1. The first-order valence-electron chi connectivity index (χ1n) is 6.62. The molecule has 22 heavy (non-hydrogen) atoms. The summed E-state index contributed by atoms with van der Waals surface area (Å²) in [6.45, 7) is 4.14. The van der Waals surface area contributed by atoms with E-state index in [1.807, 2.05) is 6.07 Å². The minimum atomic E-state index is -1.06. The standard InChI is InChI=1S/C15H17N3O4/c1-9(17-11(3)19)15(21)22-10(2)14(20)18-13-7-5-4-6-12(13)8-16/h4-7,9-10H,1-3H3,(H,17,19)(H,18,20)/t9-,10-/m1/s1. The Labute approximate surface area is 128 Å². The van der Waals surface area contributed by atoms with E-state index in [-0.39, 0.29) is 5.91 Å². The average molecular weight is 303 g/mol. The Morgan fingerprint density at radius 3 is 2.45 bits per heavy atom. The number of carbonyl (C=O) groups is 3. The third-order valence-corrected chi connectivity index (χ3v) is 2.74. The highest BCUT2D eigenvalue weighted by Gasteiger charge is 2.22. The molecule has 0 aliphatic carbocycles. The number of rotatable bonds is 5. The molecule has 0 bridgehead atoms. The van der Waals surface area contributed by atoms with Crippen molar-refractivity contribution in [2.24, 2.45) is 0 Å². The normalized spacial score (nSPS) is 12.5. The van der Waals surface area contributed by atoms with E-state index in [4.69, 9.17) is 10.00 Å². The number of carbonyl (C=O) groups excluding carboxylic acids is 3. The molecule has 0 heterocycles. The number of nitrogens with zero attached hydrogens (tertiary/aromatic N) is 1. The Morgan fingerprint density at radius 2 is 1.86 bits per heavy atom. The van der Waals surface area contributed by atoms with Gasteiger partial charge in [0.2, 0.25) is 5.91 Å². The molecular formula is C15H17N3O4. The Kier molecular flexibility index (Phi) is 6.08. The van der Waals surface area contributed by atoms with Gasteiger partial charge in [-0.3, -0.25) is 9.59 Å². The lowest BCUT2D eigenvalue weighted by Gasteiger charge is -2.17. The van der Waals surface area contributed by atoms with E-state index in [1.54, 1.807) is 24.3 Å². The van der Waals surface area contributed by atoms with Crippen LogP contribution in [0.1, 0.15) is 26.3 Å². The van der Waals surface area contributed by atoms with Crippen molar-refractivity contribution in [2.45, 2.75) is 32.9 Å². The van der Waals surface area contributed by atoms with E-state index >= 15 is 0 Å². The Bertz CT molecular complexity index is 621. The van der Waals surface area contributed by atoms with Crippen LogP contribution in [0, 0.1) is 11.3 Å². The van der Waals surface area contributed by atoms with E-state index < -0.39 is 24.0 Å². The minimum absolute atomic E-state index is 0.306. The summed E-state index contributed by atoms with van der Waals surface area (Å²) in [7, 11) is 0. The minimum Gasteiger partial charge on any atom is -0.451 e. The van der Waals surface area contributed by atoms with Gasteiger partial charge in [-0.1, -0.05) is 12.1 Å². The second-order valence-electron chi connectivity index (χ2n) is 4.65. The zero-order valence-corrected chi connectivity index (χ0v) is 12.5. The number of nitrogens with one attached hydrogen (secondary N) is 2. The maximum absolute atomic E-state index is 12.0. The van der Waals surface area contributed by atoms with Crippen LogP contribution in [0.2, 0.25) is 0 Å². The van der Waals surface area contributed by atoms with Crippen LogP contribution in [0.15, 0.2) is 24.3 Å². The molecule has 1 rings (SSSR count). The van der Waals surface area contributed by atoms with Crippen LogP contribution < -0.4 is 10.6 Å². The summed E-state index contributed by atoms with van der Waals surface area (Å²) in [4.78, 5) is 34.5. The highest BCUT2D eigenvalue weighted by Crippen LogP contribution is 2.14. The molecule has 7 heteroatoms. The van der Waals surface area contributed by atoms with Crippen LogP contribution >= 0.6 is 0 Å². The summed E-state index contributed by atoms with van der Waals surface area (Å²) in [6, 6.07) is 7.58. The predicted octanol–water partition coefficient (Wildman–Crippen LogP) is 0.953. The number of hydrogen-bond acceptors (Lipinski definition) is 5. The van der Waals surface area contributed by atoms with Crippen molar-refractivity contribution in [1.82, 2.24) is 5.32 Å². The fourth-order valence-corrected chi connectivity index (χ4v) is 1.62. The molecule has 116 valence electrons. The third-order valence-electron chi connectivity index (χ3n) is 2.74. The van der Waals surface area contributed by atoms with Crippen molar-refractivity contribution in [3.8, 4) is 6.07 Å². The van der Waals surface area contributed by atoms with Crippen molar-refractivity contribution < 1.29 is 19.1 Å². The van der Waals surface area contributed by atoms with E-state index in [0.717, 1.165) is 0 Å². The molecule has 1 aromatic carbocycles. The lowest BCUT2D eigenvalue weighted by Crippen LogP contribution is -2.41. The molecule has 2 N–H and O–H groups in total. The number of benzene rings is 1. The summed E-state index contributed by atoms with van der Waals surface area (Å²) in [5.74, 6) is -1.65. The Balaban J connectivity index is 2.64. The van der Waals surface area contributed by atoms with Gasteiger partial charge in [-0.15, -0.1) is 0 Å². The van der Waals surface area contributed by atoms with Gasteiger partial charge < -0.3 is 15.4 Å². The van der Waals surface area contributed by atoms with Crippen LogP contribution in [0.25, 0.3) is 0 Å². The van der Waals surface area contributed by atoms with Crippen molar-refractivity contribution in [3.63, 3.8) is 0 Å². The summed E-state index contributed by atoms with van der Waals surface area (Å²) in [5, 5.41) is 13.8. The summed E-state index contributed by atoms with van der Waals surface area (Å²) >= 11 is 0. The molecule has 2 atom stereocenters. The number of amides is 2. The zero-order valence-electron chi connectivity index (χ0n) is 12.5. The molecule has 1 aromatic rings. The monoisotopic (exact) mass is 303 g/mol. The maximum atomic E-state index is 12.0. The molecule has 0 aliphatic heterocycles. The second-order valence-corrected chi connectivity index (χ2v) is 4.65. The Morgan fingerprint density at radius 1 is 1.23 bits per heavy atom. The number of esters is 1. The van der Waals surface area contributed by atoms with Gasteiger partial charge in [0.25, 0.3) is 5.91 Å². The highest BCUT2D eigenvalue weighted by atomic mass is 16.5. The fraction of sp³-hybridized carbons (Fsp3) is 0.333. The van der Waals surface area contributed by atoms with Crippen LogP contribution in [0.5, 0.6) is 0 Å². The number of anilines is 1. The molecule has 0 saturated heterocycles. The van der Waals surface area contributed by atoms with E-state index in [9.17, 15) is 14.4 Å². The molecule has 0 fully saturated rings. The topological polar surface area (TPSA) is 108 Å². The highest BCUT2D eigenvalue weighted by molar-refractivity contribution is 5.96. The van der Waals surface area contributed by atoms with Crippen LogP contribution in [0.3, 0.4) is 0 Å². The van der Waals surface area contributed by atoms with E-state index in [2.05, 4.69) is 10.6 Å². The van der Waals surface area contributed by atoms with E-state index in [0.29, 0.717) is 11.3 Å².